The van der Waals surface area contributed by atoms with Crippen molar-refractivity contribution in [1.82, 2.24) is 13.2 Å². The van der Waals surface area contributed by atoms with Gasteiger partial charge in [-0.05, 0) is 79.1 Å². The number of aldehydes is 2. The Kier molecular flexibility index (Phi) is 11.2. The van der Waals surface area contributed by atoms with Gasteiger partial charge in [0.1, 0.15) is 58.6 Å². The fraction of sp³-hybridized carbons (Fsp3) is 0.135. The van der Waals surface area contributed by atoms with Crippen LogP contribution >= 0.6 is 0 Å². The number of carboxylic acids is 1. The van der Waals surface area contributed by atoms with E-state index in [0.29, 0.717) is 58.1 Å². The number of rotatable bonds is 6. The van der Waals surface area contributed by atoms with Crippen LogP contribution in [0.4, 0.5) is 21.5 Å². The molecule has 1 aromatic heterocycles. The molecule has 0 fully saturated rings. The lowest BCUT2D eigenvalue weighted by Gasteiger charge is -2.20. The number of benzene rings is 4. The third-order valence-electron chi connectivity index (χ3n) is 9.09. The van der Waals surface area contributed by atoms with Gasteiger partial charge in [0.25, 0.3) is 30.1 Å². The number of anilines is 1. The Morgan fingerprint density at radius 3 is 1.95 bits per heavy atom. The van der Waals surface area contributed by atoms with Crippen LogP contribution in [-0.2, 0) is 47.8 Å². The van der Waals surface area contributed by atoms with Crippen molar-refractivity contribution in [3.05, 3.63) is 107 Å². The van der Waals surface area contributed by atoms with Crippen LogP contribution in [0.2, 0.25) is 0 Å². The Balaban J connectivity index is 0.000000163. The van der Waals surface area contributed by atoms with Gasteiger partial charge in [0.2, 0.25) is 0 Å². The summed E-state index contributed by atoms with van der Waals surface area (Å²) in [6.45, 7) is 1.57. The van der Waals surface area contributed by atoms with E-state index in [9.17, 15) is 49.1 Å². The van der Waals surface area contributed by atoms with Crippen LogP contribution in [-0.4, -0.2) is 95.2 Å². The van der Waals surface area contributed by atoms with Gasteiger partial charge in [0, 0.05) is 41.8 Å². The molecule has 21 heteroatoms. The minimum Gasteiger partial charge on any atom is -0.480 e. The fourth-order valence-electron chi connectivity index (χ4n) is 6.11. The smallest absolute Gasteiger partial charge is 0.323 e. The third kappa shape index (κ3) is 7.99. The molecule has 0 spiro atoms. The summed E-state index contributed by atoms with van der Waals surface area (Å²) in [5, 5.41) is 12.5. The molecule has 2 N–H and O–H groups in total. The number of carbonyl (C=O) groups is 3. The van der Waals surface area contributed by atoms with Crippen LogP contribution < -0.4 is 5.32 Å². The summed E-state index contributed by atoms with van der Waals surface area (Å²) in [6, 6.07) is 17.7. The van der Waals surface area contributed by atoms with Crippen LogP contribution in [0.25, 0.3) is 10.9 Å². The van der Waals surface area contributed by atoms with Crippen molar-refractivity contribution < 1.29 is 49.1 Å². The number of aliphatic imine (C=N–C) groups is 2. The minimum absolute atomic E-state index is 0.0885. The molecule has 0 saturated heterocycles. The maximum absolute atomic E-state index is 13.9. The number of nitrogens with zero attached hydrogens (tertiary/aromatic N) is 6. The molecule has 8 rings (SSSR count). The van der Waals surface area contributed by atoms with E-state index < -0.39 is 41.9 Å². The summed E-state index contributed by atoms with van der Waals surface area (Å²) in [5.74, 6) is -1.39. The van der Waals surface area contributed by atoms with Gasteiger partial charge in [-0.2, -0.15) is 8.42 Å². The van der Waals surface area contributed by atoms with Gasteiger partial charge in [-0.3, -0.25) is 23.0 Å². The predicted octanol–water partition coefficient (Wildman–Crippen LogP) is 4.49. The lowest BCUT2D eigenvalue weighted by atomic mass is 10.0. The third-order valence-corrected chi connectivity index (χ3v) is 13.9. The van der Waals surface area contributed by atoms with Gasteiger partial charge in [0.15, 0.2) is 0 Å². The van der Waals surface area contributed by atoms with Crippen LogP contribution in [0.5, 0.6) is 0 Å². The van der Waals surface area contributed by atoms with Crippen LogP contribution in [0.15, 0.2) is 102 Å². The molecule has 5 aromatic rings. The molecule has 17 nitrogen and oxygen atoms in total. The molecule has 300 valence electrons. The van der Waals surface area contributed by atoms with Gasteiger partial charge in [-0.1, -0.05) is 18.2 Å². The number of sulfonamides is 3. The summed E-state index contributed by atoms with van der Waals surface area (Å²) in [5.41, 5.74) is 4.80. The number of halogens is 1. The monoisotopic (exact) mass is 849 g/mol. The molecule has 0 radical (unpaired) electrons. The summed E-state index contributed by atoms with van der Waals surface area (Å²) < 4.78 is 91.9. The summed E-state index contributed by atoms with van der Waals surface area (Å²) in [4.78, 5) is 40.7. The molecule has 0 atom stereocenters. The number of hydrogen-bond acceptors (Lipinski definition) is 12. The first-order chi connectivity index (χ1) is 27.4. The molecular formula is C37H32FN7O10S3. The maximum Gasteiger partial charge on any atom is 0.323 e. The van der Waals surface area contributed by atoms with Crippen molar-refractivity contribution in [2.75, 3.05) is 19.4 Å². The van der Waals surface area contributed by atoms with Crippen LogP contribution in [0.3, 0.4) is 0 Å². The van der Waals surface area contributed by atoms with Crippen molar-refractivity contribution >= 4 is 95.6 Å². The zero-order valence-electron chi connectivity index (χ0n) is 30.6. The number of aromatic nitrogens is 1. The quantitative estimate of drug-likeness (QED) is 0.226. The Morgan fingerprint density at radius 2 is 1.34 bits per heavy atom. The van der Waals surface area contributed by atoms with Gasteiger partial charge in [0.05, 0.1) is 17.1 Å². The largest absolute Gasteiger partial charge is 0.480 e. The second kappa shape index (κ2) is 15.8. The van der Waals surface area contributed by atoms with Crippen LogP contribution in [0.1, 0.15) is 37.5 Å². The zero-order chi connectivity index (χ0) is 42.2. The first-order valence-corrected chi connectivity index (χ1v) is 21.1. The first kappa shape index (κ1) is 41.1. The molecule has 0 amide bonds. The second-order valence-corrected chi connectivity index (χ2v) is 18.3. The highest BCUT2D eigenvalue weighted by Crippen LogP contribution is 2.34. The first-order valence-electron chi connectivity index (χ1n) is 16.8. The normalized spacial score (nSPS) is 16.0. The number of nitrogens with one attached hydrogen (secondary N) is 1. The molecule has 0 saturated carbocycles. The van der Waals surface area contributed by atoms with E-state index in [4.69, 9.17) is 0 Å². The van der Waals surface area contributed by atoms with Crippen molar-refractivity contribution in [1.29, 1.82) is 0 Å². The zero-order valence-corrected chi connectivity index (χ0v) is 33.1. The van der Waals surface area contributed by atoms with E-state index in [1.807, 2.05) is 0 Å². The van der Waals surface area contributed by atoms with Crippen molar-refractivity contribution in [3.63, 3.8) is 0 Å². The fourth-order valence-corrected chi connectivity index (χ4v) is 9.25. The molecular weight excluding hydrogens is 818 g/mol. The maximum atomic E-state index is 13.9. The highest BCUT2D eigenvalue weighted by atomic mass is 32.2. The second-order valence-electron chi connectivity index (χ2n) is 12.8. The lowest BCUT2D eigenvalue weighted by molar-refractivity contribution is -0.137. The molecule has 3 aliphatic rings. The number of carboxylic acid groups (broad SMARTS) is 1. The van der Waals surface area contributed by atoms with Gasteiger partial charge in [-0.25, -0.2) is 31.2 Å². The topological polar surface area (TPSA) is 234 Å². The van der Waals surface area contributed by atoms with Gasteiger partial charge < -0.3 is 15.0 Å². The van der Waals surface area contributed by atoms with E-state index >= 15 is 0 Å². The molecule has 0 unspecified atom stereocenters. The Morgan fingerprint density at radius 1 is 0.776 bits per heavy atom. The molecule has 0 aliphatic carbocycles. The number of carbonyl (C=O) groups excluding carboxylic acids is 2. The highest BCUT2D eigenvalue weighted by molar-refractivity contribution is 7.90. The SMILES string of the molecule is CN1C=Nc2cc(C=O)ccc2S1(=O)=O.Cc1c(Cc2ccc3c(c2)N=CN(C)S3(=O)=O)c2cc(F)ccc2n1CC(=O)O.O=Cc1ccc2c(c1)NC=NS2(=O)=O. The molecule has 3 aliphatic heterocycles. The summed E-state index contributed by atoms with van der Waals surface area (Å²) in [7, 11) is -7.82. The Bertz CT molecular complexity index is 2960. The Hall–Kier alpha value is -6.58. The van der Waals surface area contributed by atoms with E-state index in [-0.39, 0.29) is 21.2 Å². The van der Waals surface area contributed by atoms with Crippen molar-refractivity contribution in [3.8, 4) is 0 Å². The van der Waals surface area contributed by atoms with Crippen molar-refractivity contribution in [2.24, 2.45) is 14.4 Å². The Labute approximate surface area is 331 Å². The van der Waals surface area contributed by atoms with Gasteiger partial charge >= 0.3 is 5.97 Å². The summed E-state index contributed by atoms with van der Waals surface area (Å²) in [6.07, 6.45) is 5.25. The number of hydrogen-bond donors (Lipinski definition) is 2. The lowest BCUT2D eigenvalue weighted by Crippen LogP contribution is -2.27. The standard InChI is InChI=1S/C20H18FN3O4S.C9H8N2O3S.C8H6N2O3S/c1-12-15(16-9-14(21)4-5-18(16)24(12)10-20(25)26)7-13-3-6-19-17(8-13)22-11-23(2)29(19,27)28;1-11-6-10-8-4-7(5-12)2-3-9(8)15(11,13)14;11-4-6-1-2-8-7(3-6)9-5-10-14(8,12)13/h3-6,8-9,11H,7,10H2,1-2H3,(H,25,26);2-6H,1H3;1-5H,(H,9,10). The minimum atomic E-state index is -3.60. The number of fused-ring (bicyclic) bond motifs is 4. The van der Waals surface area contributed by atoms with E-state index in [0.717, 1.165) is 31.8 Å². The van der Waals surface area contributed by atoms with Gasteiger partial charge in [-0.15, -0.1) is 4.40 Å². The molecule has 4 heterocycles. The van der Waals surface area contributed by atoms with E-state index in [1.165, 1.54) is 81.4 Å². The summed E-state index contributed by atoms with van der Waals surface area (Å²) >= 11 is 0. The average Bonchev–Trinajstić information content (AvgIpc) is 3.42. The number of aliphatic carboxylic acids is 1. The molecule has 58 heavy (non-hydrogen) atoms. The van der Waals surface area contributed by atoms with E-state index in [2.05, 4.69) is 19.7 Å². The molecule has 4 aromatic carbocycles. The van der Waals surface area contributed by atoms with Crippen molar-refractivity contribution in [2.45, 2.75) is 34.6 Å². The highest BCUT2D eigenvalue weighted by Gasteiger charge is 2.27. The van der Waals surface area contributed by atoms with Crippen LogP contribution in [0, 0.1) is 12.7 Å². The predicted molar refractivity (Wildman–Crippen MR) is 213 cm³/mol. The van der Waals surface area contributed by atoms with E-state index in [1.54, 1.807) is 29.7 Å². The average molecular weight is 850 g/mol. The molecule has 0 bridgehead atoms.